The van der Waals surface area contributed by atoms with E-state index >= 15 is 0 Å². The Morgan fingerprint density at radius 1 is 1.20 bits per heavy atom. The number of aryl methyl sites for hydroxylation is 2. The predicted molar refractivity (Wildman–Crippen MR) is 133 cm³/mol. The van der Waals surface area contributed by atoms with Crippen molar-refractivity contribution in [2.45, 2.75) is 59.3 Å². The Bertz CT molecular complexity index is 1230. The van der Waals surface area contributed by atoms with Crippen LogP contribution in [0.15, 0.2) is 21.4 Å². The van der Waals surface area contributed by atoms with Gasteiger partial charge in [-0.3, -0.25) is 9.59 Å². The molecule has 188 valence electrons. The van der Waals surface area contributed by atoms with Crippen LogP contribution in [0.4, 0.5) is 4.79 Å². The van der Waals surface area contributed by atoms with Gasteiger partial charge in [-0.1, -0.05) is 0 Å². The number of carbonyl (C=O) groups excluding carboxylic acids is 1. The van der Waals surface area contributed by atoms with Gasteiger partial charge in [-0.05, 0) is 73.2 Å². The van der Waals surface area contributed by atoms with E-state index in [1.165, 1.54) is 4.90 Å². The van der Waals surface area contributed by atoms with Gasteiger partial charge in [0.1, 0.15) is 0 Å². The number of halogens is 1. The molecule has 0 bridgehead atoms. The molecule has 0 aliphatic carbocycles. The number of benzene rings is 1. The number of carboxylic acid groups (broad SMARTS) is 1. The highest BCUT2D eigenvalue weighted by atomic mass is 79.9. The number of aromatic amines is 1. The molecule has 1 saturated heterocycles. The fourth-order valence-electron chi connectivity index (χ4n) is 4.91. The van der Waals surface area contributed by atoms with Gasteiger partial charge in [0, 0.05) is 55.4 Å². The lowest BCUT2D eigenvalue weighted by atomic mass is 9.90. The highest BCUT2D eigenvalue weighted by molar-refractivity contribution is 9.10. The van der Waals surface area contributed by atoms with Gasteiger partial charge in [-0.15, -0.1) is 0 Å². The van der Waals surface area contributed by atoms with E-state index in [9.17, 15) is 19.5 Å². The minimum Gasteiger partial charge on any atom is -0.465 e. The van der Waals surface area contributed by atoms with Crippen LogP contribution in [0, 0.1) is 26.7 Å². The van der Waals surface area contributed by atoms with Crippen LogP contribution in [0.2, 0.25) is 0 Å². The summed E-state index contributed by atoms with van der Waals surface area (Å²) in [6, 6.07) is 3.58. The average Bonchev–Trinajstić information content (AvgIpc) is 3.13. The monoisotopic (exact) mass is 547 g/mol. The van der Waals surface area contributed by atoms with Crippen LogP contribution >= 0.6 is 15.9 Å². The van der Waals surface area contributed by atoms with Crippen molar-refractivity contribution in [1.29, 1.82) is 0 Å². The van der Waals surface area contributed by atoms with E-state index in [4.69, 9.17) is 9.47 Å². The molecule has 0 saturated carbocycles. The van der Waals surface area contributed by atoms with Crippen LogP contribution in [-0.2, 0) is 6.54 Å². The maximum absolute atomic E-state index is 13.1. The zero-order chi connectivity index (χ0) is 25.5. The number of H-pyrrole nitrogens is 1. The largest absolute Gasteiger partial charge is 0.465 e. The van der Waals surface area contributed by atoms with Gasteiger partial charge in [0.15, 0.2) is 11.5 Å². The summed E-state index contributed by atoms with van der Waals surface area (Å²) in [5, 5.41) is 12.0. The number of aromatic nitrogens is 1. The van der Waals surface area contributed by atoms with Gasteiger partial charge in [0.2, 0.25) is 5.79 Å². The van der Waals surface area contributed by atoms with Gasteiger partial charge in [0.05, 0.1) is 4.47 Å². The number of hydrogen-bond acceptors (Lipinski definition) is 5. The smallest absolute Gasteiger partial charge is 0.407 e. The van der Waals surface area contributed by atoms with E-state index in [0.29, 0.717) is 52.2 Å². The van der Waals surface area contributed by atoms with Crippen molar-refractivity contribution >= 4 is 27.9 Å². The van der Waals surface area contributed by atoms with Gasteiger partial charge >= 0.3 is 6.09 Å². The number of fused-ring (bicyclic) bond motifs is 1. The molecule has 4 rings (SSSR count). The summed E-state index contributed by atoms with van der Waals surface area (Å²) >= 11 is 3.52. The second kappa shape index (κ2) is 9.56. The topological polar surface area (TPSA) is 121 Å². The summed E-state index contributed by atoms with van der Waals surface area (Å²) in [6.45, 7) is 8.45. The Hall–Kier alpha value is -3.01. The molecule has 10 heteroatoms. The number of nitrogens with one attached hydrogen (secondary N) is 2. The number of likely N-dealkylation sites (tertiary alicyclic amines) is 1. The van der Waals surface area contributed by atoms with Gasteiger partial charge in [0.25, 0.3) is 11.5 Å². The summed E-state index contributed by atoms with van der Waals surface area (Å²) in [6.07, 6.45) is 1.22. The zero-order valence-corrected chi connectivity index (χ0v) is 21.9. The second-order valence-corrected chi connectivity index (χ2v) is 10.4. The molecule has 2 amide bonds. The number of hydrogen-bond donors (Lipinski definition) is 3. The lowest BCUT2D eigenvalue weighted by Gasteiger charge is -2.34. The van der Waals surface area contributed by atoms with Crippen molar-refractivity contribution in [2.75, 3.05) is 13.1 Å². The highest BCUT2D eigenvalue weighted by Crippen LogP contribution is 2.49. The third-order valence-electron chi connectivity index (χ3n) is 6.78. The maximum Gasteiger partial charge on any atom is 0.407 e. The fourth-order valence-corrected chi connectivity index (χ4v) is 5.40. The molecule has 3 heterocycles. The number of carbonyl (C=O) groups is 2. The van der Waals surface area contributed by atoms with E-state index in [2.05, 4.69) is 26.2 Å². The molecule has 1 aromatic heterocycles. The van der Waals surface area contributed by atoms with E-state index in [1.54, 1.807) is 6.07 Å². The molecule has 0 spiro atoms. The minimum atomic E-state index is -0.910. The van der Waals surface area contributed by atoms with Crippen LogP contribution in [0.3, 0.4) is 0 Å². The predicted octanol–water partition coefficient (Wildman–Crippen LogP) is 4.26. The summed E-state index contributed by atoms with van der Waals surface area (Å²) in [7, 11) is 0. The zero-order valence-electron chi connectivity index (χ0n) is 20.3. The SMILES string of the molecule is Cc1cc(C)c(CNC(=O)c2cc(Br)c3c(c2C)OC(C)(CC2CCN(C(=O)O)CC2)O3)c(=O)[nH]1. The molecule has 1 aromatic carbocycles. The minimum absolute atomic E-state index is 0.110. The first-order chi connectivity index (χ1) is 16.5. The lowest BCUT2D eigenvalue weighted by Crippen LogP contribution is -2.42. The number of rotatable bonds is 5. The summed E-state index contributed by atoms with van der Waals surface area (Å²) in [5.41, 5.74) is 2.98. The molecule has 1 fully saturated rings. The van der Waals surface area contributed by atoms with Crippen molar-refractivity contribution < 1.29 is 24.2 Å². The number of pyridine rings is 1. The van der Waals surface area contributed by atoms with Crippen LogP contribution in [0.25, 0.3) is 0 Å². The van der Waals surface area contributed by atoms with Crippen LogP contribution in [-0.4, -0.2) is 45.9 Å². The van der Waals surface area contributed by atoms with Gasteiger partial charge in [-0.2, -0.15) is 0 Å². The quantitative estimate of drug-likeness (QED) is 0.514. The highest BCUT2D eigenvalue weighted by Gasteiger charge is 2.42. The van der Waals surface area contributed by atoms with Crippen molar-refractivity contribution in [3.63, 3.8) is 0 Å². The molecule has 0 radical (unpaired) electrons. The average molecular weight is 548 g/mol. The van der Waals surface area contributed by atoms with Crippen molar-refractivity contribution in [1.82, 2.24) is 15.2 Å². The molecule has 2 aliphatic heterocycles. The Morgan fingerprint density at radius 2 is 1.86 bits per heavy atom. The Balaban J connectivity index is 1.47. The van der Waals surface area contributed by atoms with E-state index < -0.39 is 11.9 Å². The van der Waals surface area contributed by atoms with Crippen LogP contribution in [0.5, 0.6) is 11.5 Å². The third-order valence-corrected chi connectivity index (χ3v) is 7.37. The number of piperidine rings is 1. The molecular weight excluding hydrogens is 518 g/mol. The molecule has 3 N–H and O–H groups in total. The van der Waals surface area contributed by atoms with Crippen molar-refractivity contribution in [3.05, 3.63) is 54.9 Å². The molecule has 2 aromatic rings. The number of ether oxygens (including phenoxy) is 2. The molecule has 35 heavy (non-hydrogen) atoms. The molecule has 2 aliphatic rings. The van der Waals surface area contributed by atoms with Crippen molar-refractivity contribution in [3.8, 4) is 11.5 Å². The lowest BCUT2D eigenvalue weighted by molar-refractivity contribution is -0.0842. The summed E-state index contributed by atoms with van der Waals surface area (Å²) in [5.74, 6) is 0.105. The third kappa shape index (κ3) is 5.17. The summed E-state index contributed by atoms with van der Waals surface area (Å²) in [4.78, 5) is 40.7. The maximum atomic E-state index is 13.1. The Morgan fingerprint density at radius 3 is 2.49 bits per heavy atom. The number of amides is 2. The Labute approximate surface area is 211 Å². The van der Waals surface area contributed by atoms with Gasteiger partial charge in [-0.25, -0.2) is 4.79 Å². The number of nitrogens with zero attached hydrogens (tertiary/aromatic N) is 1. The van der Waals surface area contributed by atoms with E-state index in [-0.39, 0.29) is 23.9 Å². The summed E-state index contributed by atoms with van der Waals surface area (Å²) < 4.78 is 13.1. The van der Waals surface area contributed by atoms with E-state index in [1.807, 2.05) is 33.8 Å². The molecular formula is C25H30BrN3O6. The first-order valence-electron chi connectivity index (χ1n) is 11.6. The second-order valence-electron chi connectivity index (χ2n) is 9.57. The van der Waals surface area contributed by atoms with Crippen LogP contribution in [0.1, 0.15) is 58.9 Å². The fraction of sp³-hybridized carbons (Fsp3) is 0.480. The van der Waals surface area contributed by atoms with Crippen LogP contribution < -0.4 is 20.3 Å². The molecule has 1 atom stereocenters. The standard InChI is InChI=1S/C25H30BrN3O6/c1-13-9-14(2)28-23(31)18(13)12-27-22(30)17-10-19(26)21-20(15(17)3)34-25(4,35-21)11-16-5-7-29(8-6-16)24(32)33/h9-10,16H,5-8,11-12H2,1-4H3,(H,27,30)(H,28,31)(H,32,33). The molecule has 1 unspecified atom stereocenters. The Kier molecular flexibility index (Phi) is 6.86. The normalized spacial score (nSPS) is 19.6. The van der Waals surface area contributed by atoms with Gasteiger partial charge < -0.3 is 29.8 Å². The first kappa shape index (κ1) is 25.1. The van der Waals surface area contributed by atoms with Crippen molar-refractivity contribution in [2.24, 2.45) is 5.92 Å². The molecule has 9 nitrogen and oxygen atoms in total. The first-order valence-corrected chi connectivity index (χ1v) is 12.4. The van der Waals surface area contributed by atoms with E-state index in [0.717, 1.165) is 24.1 Å².